The number of hydrogen-bond donors (Lipinski definition) is 2. The largest absolute Gasteiger partial charge is 0.391 e. The van der Waals surface area contributed by atoms with Gasteiger partial charge in [0.2, 0.25) is 0 Å². The maximum Gasteiger partial charge on any atom is 0.133 e. The van der Waals surface area contributed by atoms with Crippen molar-refractivity contribution in [3.05, 3.63) is 34.9 Å². The van der Waals surface area contributed by atoms with E-state index in [1.807, 2.05) is 0 Å². The smallest absolute Gasteiger partial charge is 0.133 e. The maximum atomic E-state index is 14.0. The molecule has 1 aliphatic carbocycles. The molecule has 1 saturated carbocycles. The quantitative estimate of drug-likeness (QED) is 0.895. The van der Waals surface area contributed by atoms with Crippen LogP contribution in [0.5, 0.6) is 0 Å². The van der Waals surface area contributed by atoms with Crippen LogP contribution < -0.4 is 5.73 Å². The summed E-state index contributed by atoms with van der Waals surface area (Å²) in [5, 5.41) is 10.3. The lowest BCUT2D eigenvalue weighted by atomic mass is 9.81. The van der Waals surface area contributed by atoms with Crippen LogP contribution in [0.4, 0.5) is 8.78 Å². The minimum atomic E-state index is -0.997. The number of nitrogens with two attached hydrogens (primary N) is 1. The molecule has 3 N–H and O–H groups in total. The van der Waals surface area contributed by atoms with Crippen molar-refractivity contribution in [1.82, 2.24) is 0 Å². The van der Waals surface area contributed by atoms with Crippen LogP contribution in [0.3, 0.4) is 0 Å². The molecule has 0 amide bonds. The van der Waals surface area contributed by atoms with E-state index < -0.39 is 23.8 Å². The molecule has 0 aliphatic heterocycles. The molecule has 1 aromatic carbocycles. The van der Waals surface area contributed by atoms with Crippen molar-refractivity contribution in [2.75, 3.05) is 0 Å². The van der Waals surface area contributed by atoms with Crippen LogP contribution in [0.15, 0.2) is 12.1 Å². The SMILES string of the molecule is Cc1ccc(F)c([C@@H](N)[C@@H](O)C2CCCCC2)c1F.Cl. The van der Waals surface area contributed by atoms with Gasteiger partial charge in [-0.3, -0.25) is 0 Å². The Bertz CT molecular complexity index is 450. The fourth-order valence-corrected chi connectivity index (χ4v) is 2.92. The highest BCUT2D eigenvalue weighted by Gasteiger charge is 2.31. The van der Waals surface area contributed by atoms with Crippen molar-refractivity contribution in [1.29, 1.82) is 0 Å². The number of benzene rings is 1. The van der Waals surface area contributed by atoms with E-state index in [0.29, 0.717) is 5.56 Å². The average Bonchev–Trinajstić information content (AvgIpc) is 2.43. The van der Waals surface area contributed by atoms with Gasteiger partial charge in [-0.05, 0) is 37.3 Å². The Labute approximate surface area is 124 Å². The predicted molar refractivity (Wildman–Crippen MR) is 77.9 cm³/mol. The number of aliphatic hydroxyl groups is 1. The number of halogens is 3. The minimum absolute atomic E-state index is 0. The zero-order valence-corrected chi connectivity index (χ0v) is 12.4. The molecule has 1 aromatic rings. The van der Waals surface area contributed by atoms with E-state index in [1.54, 1.807) is 6.92 Å². The van der Waals surface area contributed by atoms with Crippen molar-refractivity contribution >= 4 is 12.4 Å². The molecule has 2 nitrogen and oxygen atoms in total. The third-order valence-electron chi connectivity index (χ3n) is 4.15. The Morgan fingerprint density at radius 1 is 1.20 bits per heavy atom. The van der Waals surface area contributed by atoms with Crippen molar-refractivity contribution < 1.29 is 13.9 Å². The summed E-state index contributed by atoms with van der Waals surface area (Å²) in [6.45, 7) is 1.57. The van der Waals surface area contributed by atoms with E-state index in [-0.39, 0.29) is 23.9 Å². The highest BCUT2D eigenvalue weighted by molar-refractivity contribution is 5.85. The van der Waals surface area contributed by atoms with Crippen molar-refractivity contribution in [3.63, 3.8) is 0 Å². The van der Waals surface area contributed by atoms with E-state index in [4.69, 9.17) is 5.73 Å². The lowest BCUT2D eigenvalue weighted by Crippen LogP contribution is -2.35. The van der Waals surface area contributed by atoms with Gasteiger partial charge in [-0.25, -0.2) is 8.78 Å². The monoisotopic (exact) mass is 305 g/mol. The summed E-state index contributed by atoms with van der Waals surface area (Å²) in [4.78, 5) is 0. The van der Waals surface area contributed by atoms with Gasteiger partial charge in [-0.2, -0.15) is 0 Å². The van der Waals surface area contributed by atoms with Crippen LogP contribution in [0.1, 0.15) is 49.3 Å². The number of aryl methyl sites for hydroxylation is 1. The van der Waals surface area contributed by atoms with Gasteiger partial charge in [-0.1, -0.05) is 25.3 Å². The van der Waals surface area contributed by atoms with Crippen molar-refractivity contribution in [3.8, 4) is 0 Å². The van der Waals surface area contributed by atoms with Gasteiger partial charge in [0, 0.05) is 5.56 Å². The minimum Gasteiger partial charge on any atom is -0.391 e. The van der Waals surface area contributed by atoms with E-state index in [2.05, 4.69) is 0 Å². The lowest BCUT2D eigenvalue weighted by molar-refractivity contribution is 0.0596. The van der Waals surface area contributed by atoms with Crippen molar-refractivity contribution in [2.24, 2.45) is 11.7 Å². The number of aliphatic hydroxyl groups excluding tert-OH is 1. The standard InChI is InChI=1S/C15H21F2NO.ClH/c1-9-7-8-11(16)12(13(9)17)14(18)15(19)10-5-3-2-4-6-10;/h7-8,10,14-15,19H,2-6,18H2,1H3;1H/t14-,15+;/m1./s1. The van der Waals surface area contributed by atoms with Gasteiger partial charge >= 0.3 is 0 Å². The van der Waals surface area contributed by atoms with Crippen LogP contribution >= 0.6 is 12.4 Å². The first-order valence-corrected chi connectivity index (χ1v) is 6.90. The lowest BCUT2D eigenvalue weighted by Gasteiger charge is -2.31. The molecule has 0 bridgehead atoms. The zero-order chi connectivity index (χ0) is 14.0. The summed E-state index contributed by atoms with van der Waals surface area (Å²) in [7, 11) is 0. The molecule has 0 spiro atoms. The predicted octanol–water partition coefficient (Wildman–Crippen LogP) is 3.64. The molecule has 0 saturated heterocycles. The fourth-order valence-electron chi connectivity index (χ4n) is 2.92. The summed E-state index contributed by atoms with van der Waals surface area (Å²) < 4.78 is 27.8. The van der Waals surface area contributed by atoms with E-state index in [9.17, 15) is 13.9 Å². The Morgan fingerprint density at radius 2 is 1.80 bits per heavy atom. The first-order valence-electron chi connectivity index (χ1n) is 6.90. The normalized spacial score (nSPS) is 19.2. The Hall–Kier alpha value is -0.710. The maximum absolute atomic E-state index is 14.0. The topological polar surface area (TPSA) is 46.2 Å². The summed E-state index contributed by atoms with van der Waals surface area (Å²) in [5.41, 5.74) is 6.08. The molecule has 1 fully saturated rings. The second kappa shape index (κ2) is 7.34. The summed E-state index contributed by atoms with van der Waals surface area (Å²) in [5.74, 6) is -1.27. The van der Waals surface area contributed by atoms with Gasteiger partial charge < -0.3 is 10.8 Å². The molecule has 114 valence electrons. The molecular weight excluding hydrogens is 284 g/mol. The van der Waals surface area contributed by atoms with Crippen LogP contribution in [0, 0.1) is 24.5 Å². The van der Waals surface area contributed by atoms with Gasteiger partial charge in [-0.15, -0.1) is 12.4 Å². The van der Waals surface area contributed by atoms with E-state index in [0.717, 1.165) is 32.1 Å². The second-order valence-corrected chi connectivity index (χ2v) is 5.51. The van der Waals surface area contributed by atoms with Gasteiger partial charge in [0.05, 0.1) is 12.1 Å². The summed E-state index contributed by atoms with van der Waals surface area (Å²) in [6.07, 6.45) is 4.13. The average molecular weight is 306 g/mol. The fraction of sp³-hybridized carbons (Fsp3) is 0.600. The summed E-state index contributed by atoms with van der Waals surface area (Å²) >= 11 is 0. The molecule has 1 aliphatic rings. The van der Waals surface area contributed by atoms with Crippen molar-refractivity contribution in [2.45, 2.75) is 51.2 Å². The Balaban J connectivity index is 0.00000200. The van der Waals surface area contributed by atoms with Crippen LogP contribution in [0.2, 0.25) is 0 Å². The molecule has 0 radical (unpaired) electrons. The van der Waals surface area contributed by atoms with Gasteiger partial charge in [0.25, 0.3) is 0 Å². The zero-order valence-electron chi connectivity index (χ0n) is 11.6. The molecule has 20 heavy (non-hydrogen) atoms. The Kier molecular flexibility index (Phi) is 6.37. The van der Waals surface area contributed by atoms with Gasteiger partial charge in [0.15, 0.2) is 0 Å². The second-order valence-electron chi connectivity index (χ2n) is 5.51. The molecule has 0 unspecified atom stereocenters. The van der Waals surface area contributed by atoms with E-state index >= 15 is 0 Å². The highest BCUT2D eigenvalue weighted by Crippen LogP contribution is 2.33. The molecule has 5 heteroatoms. The highest BCUT2D eigenvalue weighted by atomic mass is 35.5. The Morgan fingerprint density at radius 3 is 2.40 bits per heavy atom. The molecule has 2 rings (SSSR count). The molecular formula is C15H22ClF2NO. The summed E-state index contributed by atoms with van der Waals surface area (Å²) in [6, 6.07) is 1.60. The van der Waals surface area contributed by atoms with Crippen LogP contribution in [-0.2, 0) is 0 Å². The van der Waals surface area contributed by atoms with Gasteiger partial charge in [0.1, 0.15) is 11.6 Å². The van der Waals surface area contributed by atoms with Crippen LogP contribution in [-0.4, -0.2) is 11.2 Å². The first-order chi connectivity index (χ1) is 9.02. The third-order valence-corrected chi connectivity index (χ3v) is 4.15. The number of rotatable bonds is 3. The first kappa shape index (κ1) is 17.3. The van der Waals surface area contributed by atoms with Crippen LogP contribution in [0.25, 0.3) is 0 Å². The third kappa shape index (κ3) is 3.48. The number of hydrogen-bond acceptors (Lipinski definition) is 2. The molecule has 0 heterocycles. The van der Waals surface area contributed by atoms with E-state index in [1.165, 1.54) is 12.1 Å². The molecule has 0 aromatic heterocycles. The molecule has 2 atom stereocenters.